The molecule has 1 aliphatic heterocycles. The van der Waals surface area contributed by atoms with Crippen molar-refractivity contribution in [1.82, 2.24) is 10.2 Å². The van der Waals surface area contributed by atoms with Crippen molar-refractivity contribution in [3.63, 3.8) is 0 Å². The highest BCUT2D eigenvalue weighted by Crippen LogP contribution is 2.19. The molecule has 0 aromatic heterocycles. The van der Waals surface area contributed by atoms with Crippen molar-refractivity contribution >= 4 is 0 Å². The Kier molecular flexibility index (Phi) is 6.68. The molecule has 1 atom stereocenters. The zero-order valence-corrected chi connectivity index (χ0v) is 13.8. The maximum Gasteiger partial charge on any atom is 0.0593 e. The van der Waals surface area contributed by atoms with Gasteiger partial charge < -0.3 is 10.1 Å². The Morgan fingerprint density at radius 1 is 1.19 bits per heavy atom. The molecule has 1 aromatic carbocycles. The van der Waals surface area contributed by atoms with Crippen molar-refractivity contribution in [3.05, 3.63) is 34.9 Å². The fourth-order valence-corrected chi connectivity index (χ4v) is 2.83. The molecule has 1 saturated heterocycles. The van der Waals surface area contributed by atoms with Gasteiger partial charge in [0.15, 0.2) is 0 Å². The number of rotatable bonds is 6. The first-order valence-corrected chi connectivity index (χ1v) is 8.31. The number of ether oxygens (including phenoxy) is 1. The summed E-state index contributed by atoms with van der Waals surface area (Å²) >= 11 is 0. The van der Waals surface area contributed by atoms with Crippen molar-refractivity contribution in [1.29, 1.82) is 0 Å². The summed E-state index contributed by atoms with van der Waals surface area (Å²) in [5, 5.41) is 3.72. The third-order valence-electron chi connectivity index (χ3n) is 4.33. The number of aryl methyl sites for hydroxylation is 2. The molecule has 1 aliphatic rings. The molecule has 0 saturated carbocycles. The maximum absolute atomic E-state index is 5.57. The molecule has 3 heteroatoms. The van der Waals surface area contributed by atoms with E-state index in [0.29, 0.717) is 6.04 Å². The lowest BCUT2D eigenvalue weighted by molar-refractivity contribution is 0.139. The fourth-order valence-electron chi connectivity index (χ4n) is 2.83. The van der Waals surface area contributed by atoms with E-state index in [1.165, 1.54) is 23.1 Å². The minimum absolute atomic E-state index is 0.419. The summed E-state index contributed by atoms with van der Waals surface area (Å²) in [5.41, 5.74) is 4.17. The van der Waals surface area contributed by atoms with E-state index >= 15 is 0 Å². The minimum Gasteiger partial charge on any atom is -0.380 e. The molecule has 1 heterocycles. The summed E-state index contributed by atoms with van der Waals surface area (Å²) < 4.78 is 5.57. The van der Waals surface area contributed by atoms with E-state index in [1.807, 2.05) is 0 Å². The predicted molar refractivity (Wildman–Crippen MR) is 88.8 cm³/mol. The van der Waals surface area contributed by atoms with Gasteiger partial charge in [-0.1, -0.05) is 25.1 Å². The molecule has 0 radical (unpaired) electrons. The first-order chi connectivity index (χ1) is 10.2. The minimum atomic E-state index is 0.419. The first-order valence-electron chi connectivity index (χ1n) is 8.31. The van der Waals surface area contributed by atoms with Crippen molar-refractivity contribution in [3.8, 4) is 0 Å². The predicted octanol–water partition coefficient (Wildman–Crippen LogP) is 3.07. The van der Waals surface area contributed by atoms with Crippen LogP contribution in [0.3, 0.4) is 0 Å². The zero-order chi connectivity index (χ0) is 15.1. The second kappa shape index (κ2) is 8.52. The molecule has 118 valence electrons. The topological polar surface area (TPSA) is 24.5 Å². The summed E-state index contributed by atoms with van der Waals surface area (Å²) in [6, 6.07) is 7.29. The van der Waals surface area contributed by atoms with Gasteiger partial charge in [-0.2, -0.15) is 0 Å². The highest BCUT2D eigenvalue weighted by molar-refractivity contribution is 5.32. The molecule has 1 aromatic rings. The van der Waals surface area contributed by atoms with Crippen molar-refractivity contribution in [2.24, 2.45) is 0 Å². The standard InChI is InChI=1S/C18H30N2O/c1-4-8-19-18(14-20-9-5-11-21-12-10-20)17-7-6-15(2)16(3)13-17/h6-7,13,18-19H,4-5,8-12,14H2,1-3H3. The lowest BCUT2D eigenvalue weighted by atomic mass is 10.0. The normalized spacial score (nSPS) is 18.4. The summed E-state index contributed by atoms with van der Waals surface area (Å²) in [6.07, 6.45) is 2.32. The molecule has 3 nitrogen and oxygen atoms in total. The van der Waals surface area contributed by atoms with Gasteiger partial charge in [0, 0.05) is 32.3 Å². The van der Waals surface area contributed by atoms with Crippen LogP contribution in [0.4, 0.5) is 0 Å². The van der Waals surface area contributed by atoms with Crippen LogP contribution < -0.4 is 5.32 Å². The van der Waals surface area contributed by atoms with Crippen LogP contribution in [0.2, 0.25) is 0 Å². The maximum atomic E-state index is 5.57. The number of benzene rings is 1. The van der Waals surface area contributed by atoms with Gasteiger partial charge in [0.1, 0.15) is 0 Å². The summed E-state index contributed by atoms with van der Waals surface area (Å²) in [5.74, 6) is 0. The Morgan fingerprint density at radius 3 is 2.81 bits per heavy atom. The van der Waals surface area contributed by atoms with E-state index in [2.05, 4.69) is 49.2 Å². The largest absolute Gasteiger partial charge is 0.380 e. The van der Waals surface area contributed by atoms with Crippen LogP contribution >= 0.6 is 0 Å². The van der Waals surface area contributed by atoms with E-state index in [0.717, 1.165) is 45.8 Å². The van der Waals surface area contributed by atoms with Crippen LogP contribution in [0.25, 0.3) is 0 Å². The molecule has 0 amide bonds. The zero-order valence-electron chi connectivity index (χ0n) is 13.8. The van der Waals surface area contributed by atoms with Gasteiger partial charge in [0.25, 0.3) is 0 Å². The highest BCUT2D eigenvalue weighted by atomic mass is 16.5. The number of nitrogens with zero attached hydrogens (tertiary/aromatic N) is 1. The van der Waals surface area contributed by atoms with Gasteiger partial charge in [0.2, 0.25) is 0 Å². The van der Waals surface area contributed by atoms with Crippen molar-refractivity contribution in [2.45, 2.75) is 39.7 Å². The van der Waals surface area contributed by atoms with Gasteiger partial charge in [-0.3, -0.25) is 4.90 Å². The molecule has 0 aliphatic carbocycles. The third kappa shape index (κ3) is 5.10. The second-order valence-electron chi connectivity index (χ2n) is 6.12. The molecule has 1 fully saturated rings. The van der Waals surface area contributed by atoms with Crippen molar-refractivity contribution in [2.75, 3.05) is 39.4 Å². The van der Waals surface area contributed by atoms with Crippen molar-refractivity contribution < 1.29 is 4.74 Å². The van der Waals surface area contributed by atoms with Gasteiger partial charge in [-0.25, -0.2) is 0 Å². The lowest BCUT2D eigenvalue weighted by Crippen LogP contribution is -2.37. The van der Waals surface area contributed by atoms with Gasteiger partial charge in [-0.15, -0.1) is 0 Å². The van der Waals surface area contributed by atoms with Crippen LogP contribution in [0.5, 0.6) is 0 Å². The Labute approximate surface area is 129 Å². The molecule has 2 rings (SSSR count). The second-order valence-corrected chi connectivity index (χ2v) is 6.12. The molecule has 1 N–H and O–H groups in total. The Morgan fingerprint density at radius 2 is 2.05 bits per heavy atom. The monoisotopic (exact) mass is 290 g/mol. The smallest absolute Gasteiger partial charge is 0.0593 e. The van der Waals surface area contributed by atoms with Gasteiger partial charge in [0.05, 0.1) is 6.61 Å². The fraction of sp³-hybridized carbons (Fsp3) is 0.667. The molecule has 0 bridgehead atoms. The average Bonchev–Trinajstić information content (AvgIpc) is 2.75. The molecular formula is C18H30N2O. The Bertz CT molecular complexity index is 425. The summed E-state index contributed by atoms with van der Waals surface area (Å²) in [4.78, 5) is 2.54. The molecule has 1 unspecified atom stereocenters. The van der Waals surface area contributed by atoms with E-state index in [1.54, 1.807) is 0 Å². The molecule has 0 spiro atoms. The lowest BCUT2D eigenvalue weighted by Gasteiger charge is -2.27. The summed E-state index contributed by atoms with van der Waals surface area (Å²) in [7, 11) is 0. The van der Waals surface area contributed by atoms with E-state index < -0.39 is 0 Å². The number of hydrogen-bond acceptors (Lipinski definition) is 3. The van der Waals surface area contributed by atoms with Crippen LogP contribution in [0.1, 0.15) is 42.5 Å². The van der Waals surface area contributed by atoms with E-state index in [4.69, 9.17) is 4.74 Å². The van der Waals surface area contributed by atoms with Crippen LogP contribution in [0, 0.1) is 13.8 Å². The SMILES string of the molecule is CCCNC(CN1CCCOCC1)c1ccc(C)c(C)c1. The quantitative estimate of drug-likeness (QED) is 0.871. The number of nitrogens with one attached hydrogen (secondary N) is 1. The average molecular weight is 290 g/mol. The van der Waals surface area contributed by atoms with Gasteiger partial charge in [-0.05, 0) is 49.9 Å². The Hall–Kier alpha value is -0.900. The van der Waals surface area contributed by atoms with E-state index in [9.17, 15) is 0 Å². The Balaban J connectivity index is 2.06. The first kappa shape index (κ1) is 16.5. The summed E-state index contributed by atoms with van der Waals surface area (Å²) in [6.45, 7) is 12.7. The molecule has 21 heavy (non-hydrogen) atoms. The van der Waals surface area contributed by atoms with Crippen LogP contribution in [0.15, 0.2) is 18.2 Å². The van der Waals surface area contributed by atoms with Crippen LogP contribution in [-0.2, 0) is 4.74 Å². The third-order valence-corrected chi connectivity index (χ3v) is 4.33. The van der Waals surface area contributed by atoms with E-state index in [-0.39, 0.29) is 0 Å². The van der Waals surface area contributed by atoms with Gasteiger partial charge >= 0.3 is 0 Å². The number of hydrogen-bond donors (Lipinski definition) is 1. The highest BCUT2D eigenvalue weighted by Gasteiger charge is 2.17. The molecular weight excluding hydrogens is 260 g/mol. The van der Waals surface area contributed by atoms with Crippen LogP contribution in [-0.4, -0.2) is 44.3 Å².